The minimum atomic E-state index is -0.793. The van der Waals surface area contributed by atoms with E-state index in [9.17, 15) is 14.4 Å². The Morgan fingerprint density at radius 1 is 0.338 bits per heavy atom. The molecule has 6 nitrogen and oxygen atoms in total. The first kappa shape index (κ1) is 61.9. The zero-order valence-electron chi connectivity index (χ0n) is 42.7. The lowest BCUT2D eigenvalue weighted by Gasteiger charge is -2.18. The van der Waals surface area contributed by atoms with Gasteiger partial charge in [0.15, 0.2) is 6.10 Å². The smallest absolute Gasteiger partial charge is 0.306 e. The summed E-state index contributed by atoms with van der Waals surface area (Å²) in [4.78, 5) is 38.0. The van der Waals surface area contributed by atoms with E-state index in [0.717, 1.165) is 103 Å². The predicted octanol–water partition coefficient (Wildman–Crippen LogP) is 18.2. The fourth-order valence-electron chi connectivity index (χ4n) is 7.60. The van der Waals surface area contributed by atoms with Gasteiger partial charge in [-0.2, -0.15) is 0 Å². The van der Waals surface area contributed by atoms with Crippen LogP contribution in [0.5, 0.6) is 0 Å². The quantitative estimate of drug-likeness (QED) is 0.0199. The van der Waals surface area contributed by atoms with E-state index in [1.54, 1.807) is 0 Å². The van der Waals surface area contributed by atoms with Crippen LogP contribution in [-0.2, 0) is 28.6 Å². The molecule has 1 atom stereocenters. The van der Waals surface area contributed by atoms with Gasteiger partial charge in [0.1, 0.15) is 13.2 Å². The summed E-state index contributed by atoms with van der Waals surface area (Å²) in [7, 11) is 0. The van der Waals surface area contributed by atoms with Crippen molar-refractivity contribution in [2.75, 3.05) is 13.2 Å². The van der Waals surface area contributed by atoms with Gasteiger partial charge in [-0.3, -0.25) is 14.4 Å². The standard InChI is InChI=1S/C59H102O6/c1-4-7-10-13-16-19-22-25-27-29-30-31-33-34-37-40-43-46-49-52-58(61)64-55-56(54-63-57(60)51-48-45-42-39-36-24-21-18-15-12-9-6-3)65-59(62)53-50-47-44-41-38-35-32-28-26-23-20-17-14-11-8-5-2/h7,10,16,19,25,27-28,30-32,35,38,56H,4-6,8-9,11-15,17-18,20-24,26,29,33-34,36-37,39-55H2,1-3H3/b10-7-,19-16-,27-25-,31-30-,32-28-,38-35-. The summed E-state index contributed by atoms with van der Waals surface area (Å²) in [6.07, 6.45) is 67.4. The molecule has 0 aliphatic rings. The third-order valence-corrected chi connectivity index (χ3v) is 11.7. The van der Waals surface area contributed by atoms with Gasteiger partial charge in [0.2, 0.25) is 0 Å². The lowest BCUT2D eigenvalue weighted by Crippen LogP contribution is -2.30. The van der Waals surface area contributed by atoms with Crippen LogP contribution < -0.4 is 0 Å². The van der Waals surface area contributed by atoms with E-state index in [4.69, 9.17) is 14.2 Å². The molecular weight excluding hydrogens is 805 g/mol. The largest absolute Gasteiger partial charge is 0.462 e. The topological polar surface area (TPSA) is 78.9 Å². The molecule has 1 unspecified atom stereocenters. The zero-order chi connectivity index (χ0) is 47.2. The van der Waals surface area contributed by atoms with Crippen LogP contribution in [0.1, 0.15) is 265 Å². The molecular formula is C59H102O6. The van der Waals surface area contributed by atoms with E-state index >= 15 is 0 Å². The lowest BCUT2D eigenvalue weighted by atomic mass is 10.0. The predicted molar refractivity (Wildman–Crippen MR) is 279 cm³/mol. The monoisotopic (exact) mass is 907 g/mol. The van der Waals surface area contributed by atoms with Gasteiger partial charge >= 0.3 is 17.9 Å². The van der Waals surface area contributed by atoms with Crippen LogP contribution in [0.25, 0.3) is 0 Å². The Hall–Kier alpha value is -3.15. The summed E-state index contributed by atoms with van der Waals surface area (Å²) < 4.78 is 16.8. The summed E-state index contributed by atoms with van der Waals surface area (Å²) in [5, 5.41) is 0. The number of esters is 3. The lowest BCUT2D eigenvalue weighted by molar-refractivity contribution is -0.167. The zero-order valence-corrected chi connectivity index (χ0v) is 42.7. The Morgan fingerprint density at radius 2 is 0.646 bits per heavy atom. The number of hydrogen-bond donors (Lipinski definition) is 0. The Bertz CT molecular complexity index is 1230. The number of hydrogen-bond acceptors (Lipinski definition) is 6. The molecule has 0 heterocycles. The summed E-state index contributed by atoms with van der Waals surface area (Å²) in [5.74, 6) is -0.925. The molecule has 0 aromatic heterocycles. The molecule has 0 aromatic carbocycles. The summed E-state index contributed by atoms with van der Waals surface area (Å²) in [6.45, 7) is 6.49. The molecule has 0 saturated carbocycles. The van der Waals surface area contributed by atoms with Crippen molar-refractivity contribution in [3.8, 4) is 0 Å². The van der Waals surface area contributed by atoms with E-state index in [1.165, 1.54) is 122 Å². The molecule has 0 rings (SSSR count). The first-order valence-electron chi connectivity index (χ1n) is 27.5. The third-order valence-electron chi connectivity index (χ3n) is 11.7. The number of carbonyl (C=O) groups is 3. The second-order valence-electron chi connectivity index (χ2n) is 18.1. The van der Waals surface area contributed by atoms with Gasteiger partial charge in [0.05, 0.1) is 0 Å². The SMILES string of the molecule is CC/C=C\C/C=C\C/C=C\C/C=C\CCCCCCCCC(=O)OCC(COC(=O)CCCCCCCCCCCCCC)OC(=O)CCCCC/C=C\C=C/CCCCCCCCC. The van der Waals surface area contributed by atoms with Gasteiger partial charge in [0.25, 0.3) is 0 Å². The van der Waals surface area contributed by atoms with E-state index in [2.05, 4.69) is 93.7 Å². The van der Waals surface area contributed by atoms with Crippen LogP contribution in [0, 0.1) is 0 Å². The molecule has 374 valence electrons. The van der Waals surface area contributed by atoms with Crippen molar-refractivity contribution in [3.63, 3.8) is 0 Å². The van der Waals surface area contributed by atoms with Crippen molar-refractivity contribution in [2.24, 2.45) is 0 Å². The van der Waals surface area contributed by atoms with Crippen molar-refractivity contribution < 1.29 is 28.6 Å². The molecule has 65 heavy (non-hydrogen) atoms. The average Bonchev–Trinajstić information content (AvgIpc) is 3.30. The summed E-state index contributed by atoms with van der Waals surface area (Å²) >= 11 is 0. The molecule has 0 aromatic rings. The molecule has 0 fully saturated rings. The normalized spacial score (nSPS) is 12.6. The highest BCUT2D eigenvalue weighted by Crippen LogP contribution is 2.15. The van der Waals surface area contributed by atoms with E-state index in [1.807, 2.05) is 0 Å². The maximum Gasteiger partial charge on any atom is 0.306 e. The molecule has 0 aliphatic carbocycles. The van der Waals surface area contributed by atoms with Crippen LogP contribution in [0.4, 0.5) is 0 Å². The Balaban J connectivity index is 4.42. The highest BCUT2D eigenvalue weighted by molar-refractivity contribution is 5.71. The van der Waals surface area contributed by atoms with Crippen LogP contribution in [0.15, 0.2) is 72.9 Å². The molecule has 0 aliphatic heterocycles. The summed E-state index contributed by atoms with van der Waals surface area (Å²) in [5.41, 5.74) is 0. The number of rotatable bonds is 49. The molecule has 0 amide bonds. The first-order chi connectivity index (χ1) is 32.0. The van der Waals surface area contributed by atoms with Gasteiger partial charge in [-0.05, 0) is 83.5 Å². The van der Waals surface area contributed by atoms with Crippen LogP contribution in [-0.4, -0.2) is 37.2 Å². The van der Waals surface area contributed by atoms with Gasteiger partial charge in [0, 0.05) is 19.3 Å². The van der Waals surface area contributed by atoms with Crippen molar-refractivity contribution in [1.29, 1.82) is 0 Å². The van der Waals surface area contributed by atoms with Gasteiger partial charge in [-0.15, -0.1) is 0 Å². The van der Waals surface area contributed by atoms with Crippen LogP contribution in [0.2, 0.25) is 0 Å². The number of ether oxygens (including phenoxy) is 3. The Morgan fingerprint density at radius 3 is 1.05 bits per heavy atom. The second kappa shape index (κ2) is 53.5. The minimum absolute atomic E-state index is 0.0890. The van der Waals surface area contributed by atoms with E-state index in [-0.39, 0.29) is 31.1 Å². The molecule has 0 spiro atoms. The average molecular weight is 907 g/mol. The van der Waals surface area contributed by atoms with E-state index < -0.39 is 6.10 Å². The third kappa shape index (κ3) is 51.7. The van der Waals surface area contributed by atoms with Crippen molar-refractivity contribution >= 4 is 17.9 Å². The van der Waals surface area contributed by atoms with Gasteiger partial charge < -0.3 is 14.2 Å². The Kier molecular flexibility index (Phi) is 50.9. The molecule has 0 bridgehead atoms. The number of allylic oxidation sites excluding steroid dienone is 12. The van der Waals surface area contributed by atoms with Crippen molar-refractivity contribution in [3.05, 3.63) is 72.9 Å². The maximum absolute atomic E-state index is 12.8. The highest BCUT2D eigenvalue weighted by atomic mass is 16.6. The number of carbonyl (C=O) groups excluding carboxylic acids is 3. The fourth-order valence-corrected chi connectivity index (χ4v) is 7.60. The fraction of sp³-hybridized carbons (Fsp3) is 0.746. The van der Waals surface area contributed by atoms with Crippen molar-refractivity contribution in [1.82, 2.24) is 0 Å². The van der Waals surface area contributed by atoms with E-state index in [0.29, 0.717) is 19.3 Å². The van der Waals surface area contributed by atoms with Crippen LogP contribution >= 0.6 is 0 Å². The first-order valence-corrected chi connectivity index (χ1v) is 27.5. The summed E-state index contributed by atoms with van der Waals surface area (Å²) in [6, 6.07) is 0. The number of unbranched alkanes of at least 4 members (excludes halogenated alkanes) is 27. The minimum Gasteiger partial charge on any atom is -0.462 e. The Labute approximate surface area is 402 Å². The van der Waals surface area contributed by atoms with Crippen LogP contribution in [0.3, 0.4) is 0 Å². The van der Waals surface area contributed by atoms with Gasteiger partial charge in [-0.1, -0.05) is 235 Å². The van der Waals surface area contributed by atoms with Crippen molar-refractivity contribution in [2.45, 2.75) is 271 Å². The highest BCUT2D eigenvalue weighted by Gasteiger charge is 2.19. The molecule has 0 radical (unpaired) electrons. The maximum atomic E-state index is 12.8. The molecule has 6 heteroatoms. The van der Waals surface area contributed by atoms with Gasteiger partial charge in [-0.25, -0.2) is 0 Å². The molecule has 0 saturated heterocycles. The second-order valence-corrected chi connectivity index (χ2v) is 18.1. The molecule has 0 N–H and O–H groups in total.